The normalized spacial score (nSPS) is 14.2. The molecule has 2 unspecified atom stereocenters. The summed E-state index contributed by atoms with van der Waals surface area (Å²) >= 11 is 0. The van der Waals surface area contributed by atoms with Gasteiger partial charge in [-0.25, -0.2) is 0 Å². The van der Waals surface area contributed by atoms with Crippen molar-refractivity contribution < 1.29 is 0 Å². The molecule has 1 nitrogen and oxygen atoms in total. The van der Waals surface area contributed by atoms with E-state index in [2.05, 4.69) is 109 Å². The molecule has 0 aliphatic rings. The summed E-state index contributed by atoms with van der Waals surface area (Å²) in [5, 5.41) is 0. The maximum Gasteiger partial charge on any atom is 0.0331 e. The molecule has 0 heterocycles. The highest BCUT2D eigenvalue weighted by atomic mass is 15.2. The van der Waals surface area contributed by atoms with E-state index in [1.165, 1.54) is 73.2 Å². The Morgan fingerprint density at radius 3 is 1.00 bits per heavy atom. The van der Waals surface area contributed by atoms with E-state index in [-0.39, 0.29) is 5.41 Å². The van der Waals surface area contributed by atoms with Crippen molar-refractivity contribution >= 4 is 0 Å². The number of rotatable bonds is 7. The van der Waals surface area contributed by atoms with Gasteiger partial charge in [-0.3, -0.25) is 4.90 Å². The summed E-state index contributed by atoms with van der Waals surface area (Å²) in [6, 6.07) is 0.703. The van der Waals surface area contributed by atoms with Crippen LogP contribution >= 0.6 is 0 Å². The first kappa shape index (κ1) is 27.6. The van der Waals surface area contributed by atoms with Gasteiger partial charge in [0.25, 0.3) is 0 Å². The summed E-state index contributed by atoms with van der Waals surface area (Å²) in [4.78, 5) is 2.80. The Morgan fingerprint density at radius 1 is 0.515 bits per heavy atom. The second kappa shape index (κ2) is 9.95. The molecule has 0 aliphatic carbocycles. The van der Waals surface area contributed by atoms with Gasteiger partial charge in [0.2, 0.25) is 0 Å². The van der Waals surface area contributed by atoms with Crippen molar-refractivity contribution in [3.05, 3.63) is 66.8 Å². The topological polar surface area (TPSA) is 3.24 Å². The Balaban J connectivity index is 2.78. The molecule has 0 amide bonds. The van der Waals surface area contributed by atoms with Gasteiger partial charge in [-0.15, -0.1) is 0 Å². The van der Waals surface area contributed by atoms with Crippen molar-refractivity contribution in [3.63, 3.8) is 0 Å². The minimum atomic E-state index is 0.260. The second-order valence-corrected chi connectivity index (χ2v) is 11.6. The maximum atomic E-state index is 2.80. The molecule has 0 spiro atoms. The van der Waals surface area contributed by atoms with Gasteiger partial charge in [0, 0.05) is 18.6 Å². The molecule has 2 aromatic rings. The zero-order valence-electron chi connectivity index (χ0n) is 24.5. The molecule has 33 heavy (non-hydrogen) atoms. The molecular formula is C32H51N. The van der Waals surface area contributed by atoms with Crippen LogP contribution in [0.4, 0.5) is 0 Å². The predicted molar refractivity (Wildman–Crippen MR) is 148 cm³/mol. The van der Waals surface area contributed by atoms with Crippen molar-refractivity contribution in [1.29, 1.82) is 0 Å². The lowest BCUT2D eigenvalue weighted by molar-refractivity contribution is 0.0915. The molecule has 0 saturated heterocycles. The van der Waals surface area contributed by atoms with E-state index in [0.29, 0.717) is 12.1 Å². The van der Waals surface area contributed by atoms with Crippen LogP contribution in [0.25, 0.3) is 0 Å². The van der Waals surface area contributed by atoms with Crippen LogP contribution in [-0.4, -0.2) is 11.4 Å². The number of benzene rings is 2. The second-order valence-electron chi connectivity index (χ2n) is 11.6. The SMILES string of the molecule is CCC(C)(C)CN(C(C)c1c(C)c(C)c(C)c(C)c1C)C(C)c1c(C)c(C)c(C)c(C)c1C. The summed E-state index contributed by atoms with van der Waals surface area (Å²) in [5.74, 6) is 0. The van der Waals surface area contributed by atoms with Crippen LogP contribution in [0, 0.1) is 74.7 Å². The number of hydrogen-bond donors (Lipinski definition) is 0. The molecule has 0 N–H and O–H groups in total. The van der Waals surface area contributed by atoms with Crippen LogP contribution in [0.3, 0.4) is 0 Å². The highest BCUT2D eigenvalue weighted by Gasteiger charge is 2.32. The molecule has 0 saturated carbocycles. The summed E-state index contributed by atoms with van der Waals surface area (Å²) < 4.78 is 0. The van der Waals surface area contributed by atoms with Gasteiger partial charge >= 0.3 is 0 Å². The predicted octanol–water partition coefficient (Wildman–Crippen LogP) is 9.33. The van der Waals surface area contributed by atoms with Crippen LogP contribution < -0.4 is 0 Å². The van der Waals surface area contributed by atoms with E-state index < -0.39 is 0 Å². The first-order valence-corrected chi connectivity index (χ1v) is 13.0. The third-order valence-electron chi connectivity index (χ3n) is 9.51. The number of hydrogen-bond acceptors (Lipinski definition) is 1. The van der Waals surface area contributed by atoms with Gasteiger partial charge in [0.15, 0.2) is 0 Å². The van der Waals surface area contributed by atoms with Crippen LogP contribution in [0.1, 0.15) is 120 Å². The third-order valence-corrected chi connectivity index (χ3v) is 9.51. The van der Waals surface area contributed by atoms with Gasteiger partial charge in [-0.2, -0.15) is 0 Å². The third kappa shape index (κ3) is 4.95. The molecule has 0 aliphatic heterocycles. The summed E-state index contributed by atoms with van der Waals surface area (Å²) in [5.41, 5.74) is 17.9. The Morgan fingerprint density at radius 2 is 0.758 bits per heavy atom. The van der Waals surface area contributed by atoms with Crippen molar-refractivity contribution in [2.45, 2.75) is 122 Å². The molecular weight excluding hydrogens is 398 g/mol. The van der Waals surface area contributed by atoms with E-state index in [1.807, 2.05) is 0 Å². The highest BCUT2D eigenvalue weighted by Crippen LogP contribution is 2.42. The fourth-order valence-electron chi connectivity index (χ4n) is 5.86. The summed E-state index contributed by atoms with van der Waals surface area (Å²) in [6.07, 6.45) is 1.18. The standard InChI is InChI=1S/C32H51N/c1-16-32(14,15)17-33(28(12)30-24(8)20(4)18(2)21(5)25(30)9)29(13)31-26(10)22(6)19(3)23(7)27(31)11/h28-29H,16-17H2,1-15H3. The smallest absolute Gasteiger partial charge is 0.0331 e. The molecule has 2 aromatic carbocycles. The van der Waals surface area contributed by atoms with Gasteiger partial charge in [0.1, 0.15) is 0 Å². The summed E-state index contributed by atoms with van der Waals surface area (Å²) in [7, 11) is 0. The van der Waals surface area contributed by atoms with Gasteiger partial charge in [0.05, 0.1) is 0 Å². The molecule has 0 fully saturated rings. The van der Waals surface area contributed by atoms with E-state index in [4.69, 9.17) is 0 Å². The van der Waals surface area contributed by atoms with E-state index in [0.717, 1.165) is 6.54 Å². The van der Waals surface area contributed by atoms with Crippen molar-refractivity contribution in [1.82, 2.24) is 4.90 Å². The lowest BCUT2D eigenvalue weighted by Crippen LogP contribution is -2.39. The maximum absolute atomic E-state index is 2.80. The number of nitrogens with zero attached hydrogens (tertiary/aromatic N) is 1. The Labute approximate surface area is 206 Å². The fraction of sp³-hybridized carbons (Fsp3) is 0.625. The first-order valence-electron chi connectivity index (χ1n) is 13.0. The van der Waals surface area contributed by atoms with Gasteiger partial charge in [-0.1, -0.05) is 20.8 Å². The average Bonchev–Trinajstić information content (AvgIpc) is 2.77. The first-order chi connectivity index (χ1) is 15.1. The molecule has 0 aromatic heterocycles. The summed E-state index contributed by atoms with van der Waals surface area (Å²) in [6.45, 7) is 36.3. The van der Waals surface area contributed by atoms with Crippen molar-refractivity contribution in [2.75, 3.05) is 6.54 Å². The lowest BCUT2D eigenvalue weighted by atomic mass is 9.81. The van der Waals surface area contributed by atoms with Crippen LogP contribution in [-0.2, 0) is 0 Å². The van der Waals surface area contributed by atoms with Crippen molar-refractivity contribution in [3.8, 4) is 0 Å². The van der Waals surface area contributed by atoms with Crippen LogP contribution in [0.5, 0.6) is 0 Å². The monoisotopic (exact) mass is 449 g/mol. The minimum Gasteiger partial charge on any atom is -0.289 e. The zero-order chi connectivity index (χ0) is 25.6. The Kier molecular flexibility index (Phi) is 8.33. The van der Waals surface area contributed by atoms with Crippen molar-refractivity contribution in [2.24, 2.45) is 5.41 Å². The highest BCUT2D eigenvalue weighted by molar-refractivity contribution is 5.52. The quantitative estimate of drug-likeness (QED) is 0.407. The lowest BCUT2D eigenvalue weighted by Gasteiger charge is -2.43. The van der Waals surface area contributed by atoms with Gasteiger partial charge < -0.3 is 0 Å². The fourth-order valence-corrected chi connectivity index (χ4v) is 5.86. The molecule has 2 atom stereocenters. The average molecular weight is 450 g/mol. The molecule has 1 heteroatoms. The Hall–Kier alpha value is -1.60. The molecule has 0 radical (unpaired) electrons. The van der Waals surface area contributed by atoms with Crippen LogP contribution in [0.2, 0.25) is 0 Å². The molecule has 2 rings (SSSR count). The zero-order valence-corrected chi connectivity index (χ0v) is 24.5. The molecule has 184 valence electrons. The molecule has 0 bridgehead atoms. The van der Waals surface area contributed by atoms with Crippen LogP contribution in [0.15, 0.2) is 0 Å². The van der Waals surface area contributed by atoms with Gasteiger partial charge in [-0.05, 0) is 162 Å². The van der Waals surface area contributed by atoms with E-state index in [1.54, 1.807) is 0 Å². The van der Waals surface area contributed by atoms with E-state index >= 15 is 0 Å². The largest absolute Gasteiger partial charge is 0.289 e. The minimum absolute atomic E-state index is 0.260. The van der Waals surface area contributed by atoms with E-state index in [9.17, 15) is 0 Å². The Bertz CT molecular complexity index is 904.